The smallest absolute Gasteiger partial charge is 0.337 e. The Kier molecular flexibility index (Phi) is 3.19. The van der Waals surface area contributed by atoms with Gasteiger partial charge in [0.15, 0.2) is 5.75 Å². The highest BCUT2D eigenvalue weighted by atomic mass is 127. The van der Waals surface area contributed by atoms with Gasteiger partial charge in [0.05, 0.1) is 11.1 Å². The van der Waals surface area contributed by atoms with Crippen LogP contribution in [0.15, 0.2) is 6.20 Å². The van der Waals surface area contributed by atoms with Crippen LogP contribution in [0.4, 0.5) is 8.78 Å². The zero-order valence-electron chi connectivity index (χ0n) is 6.54. The van der Waals surface area contributed by atoms with E-state index in [0.29, 0.717) is 0 Å². The molecule has 1 aromatic heterocycles. The molecule has 0 radical (unpaired) electrons. The lowest BCUT2D eigenvalue weighted by Crippen LogP contribution is -2.05. The summed E-state index contributed by atoms with van der Waals surface area (Å²) in [7, 11) is 0. The summed E-state index contributed by atoms with van der Waals surface area (Å²) in [5, 5.41) is 17.7. The minimum absolute atomic E-state index is 0.0529. The van der Waals surface area contributed by atoms with Crippen molar-refractivity contribution in [1.29, 1.82) is 0 Å². The van der Waals surface area contributed by atoms with Gasteiger partial charge in [-0.3, -0.25) is 0 Å². The average molecular weight is 315 g/mol. The number of halogens is 3. The molecule has 1 rings (SSSR count). The van der Waals surface area contributed by atoms with Gasteiger partial charge in [-0.25, -0.2) is 18.6 Å². The lowest BCUT2D eigenvalue weighted by Gasteiger charge is -2.07. The molecule has 0 aliphatic heterocycles. The van der Waals surface area contributed by atoms with E-state index >= 15 is 0 Å². The number of carbonyl (C=O) groups is 1. The van der Waals surface area contributed by atoms with Gasteiger partial charge in [0.2, 0.25) is 0 Å². The minimum atomic E-state index is -3.04. The first kappa shape index (κ1) is 11.1. The van der Waals surface area contributed by atoms with Crippen molar-refractivity contribution in [2.45, 2.75) is 6.43 Å². The Morgan fingerprint density at radius 2 is 2.14 bits per heavy atom. The van der Waals surface area contributed by atoms with Crippen molar-refractivity contribution in [1.82, 2.24) is 4.98 Å². The van der Waals surface area contributed by atoms with Crippen LogP contribution in [0.3, 0.4) is 0 Å². The molecular formula is C7H4F2INO3. The van der Waals surface area contributed by atoms with Gasteiger partial charge >= 0.3 is 5.97 Å². The fraction of sp³-hybridized carbons (Fsp3) is 0.143. The minimum Gasteiger partial charge on any atom is -0.505 e. The van der Waals surface area contributed by atoms with Crippen LogP contribution in [0.25, 0.3) is 0 Å². The van der Waals surface area contributed by atoms with Crippen molar-refractivity contribution >= 4 is 28.6 Å². The van der Waals surface area contributed by atoms with Gasteiger partial charge in [-0.1, -0.05) is 0 Å². The normalized spacial score (nSPS) is 10.6. The van der Waals surface area contributed by atoms with Gasteiger partial charge in [0.25, 0.3) is 6.43 Å². The number of carboxylic acids is 1. The summed E-state index contributed by atoms with van der Waals surface area (Å²) in [5.41, 5.74) is -1.57. The molecule has 0 saturated heterocycles. The number of rotatable bonds is 2. The van der Waals surface area contributed by atoms with E-state index in [0.717, 1.165) is 6.20 Å². The number of alkyl halides is 2. The van der Waals surface area contributed by atoms with Crippen molar-refractivity contribution < 1.29 is 23.8 Å². The number of hydrogen-bond donors (Lipinski definition) is 2. The molecule has 0 aromatic carbocycles. The fourth-order valence-electron chi connectivity index (χ4n) is 0.882. The van der Waals surface area contributed by atoms with E-state index in [4.69, 9.17) is 5.11 Å². The Balaban J connectivity index is 3.45. The van der Waals surface area contributed by atoms with Gasteiger partial charge in [-0.05, 0) is 22.6 Å². The van der Waals surface area contributed by atoms with Crippen molar-refractivity contribution in [2.24, 2.45) is 0 Å². The highest BCUT2D eigenvalue weighted by Gasteiger charge is 2.24. The Bertz CT molecular complexity index is 383. The first-order valence-electron chi connectivity index (χ1n) is 3.34. The zero-order chi connectivity index (χ0) is 10.9. The maximum atomic E-state index is 12.4. The highest BCUT2D eigenvalue weighted by Crippen LogP contribution is 2.33. The Morgan fingerprint density at radius 3 is 2.57 bits per heavy atom. The molecule has 0 aliphatic carbocycles. The lowest BCUT2D eigenvalue weighted by molar-refractivity contribution is 0.0682. The summed E-state index contributed by atoms with van der Waals surface area (Å²) < 4.78 is 24.7. The Hall–Kier alpha value is -0.990. The largest absolute Gasteiger partial charge is 0.505 e. The summed E-state index contributed by atoms with van der Waals surface area (Å²) in [4.78, 5) is 14.0. The molecule has 14 heavy (non-hydrogen) atoms. The quantitative estimate of drug-likeness (QED) is 0.647. The number of aromatic carboxylic acids is 1. The number of aromatic nitrogens is 1. The SMILES string of the molecule is O=C(O)c1cnc(I)c(O)c1C(F)F. The second kappa shape index (κ2) is 4.03. The summed E-state index contributed by atoms with van der Waals surface area (Å²) in [6.07, 6.45) is -2.25. The maximum absolute atomic E-state index is 12.4. The first-order valence-corrected chi connectivity index (χ1v) is 4.41. The van der Waals surface area contributed by atoms with Crippen LogP contribution >= 0.6 is 22.6 Å². The monoisotopic (exact) mass is 315 g/mol. The van der Waals surface area contributed by atoms with Crippen LogP contribution in [-0.2, 0) is 0 Å². The number of hydrogen-bond acceptors (Lipinski definition) is 3. The molecule has 76 valence electrons. The van der Waals surface area contributed by atoms with Gasteiger partial charge < -0.3 is 10.2 Å². The van der Waals surface area contributed by atoms with Crippen molar-refractivity contribution in [3.8, 4) is 5.75 Å². The van der Waals surface area contributed by atoms with E-state index < -0.39 is 29.3 Å². The molecule has 0 saturated carbocycles. The second-order valence-corrected chi connectivity index (χ2v) is 3.35. The number of pyridine rings is 1. The standard InChI is InChI=1S/C7H4F2INO3/c8-5(9)3-2(7(13)14)1-11-6(10)4(3)12/h1,5,12H,(H,13,14). The van der Waals surface area contributed by atoms with E-state index in [9.17, 15) is 18.7 Å². The fourth-order valence-corrected chi connectivity index (χ4v) is 1.31. The van der Waals surface area contributed by atoms with Crippen LogP contribution < -0.4 is 0 Å². The van der Waals surface area contributed by atoms with E-state index in [1.807, 2.05) is 0 Å². The van der Waals surface area contributed by atoms with Crippen LogP contribution in [0.5, 0.6) is 5.75 Å². The third kappa shape index (κ3) is 1.91. The van der Waals surface area contributed by atoms with Crippen molar-refractivity contribution in [3.63, 3.8) is 0 Å². The Labute approximate surface area is 90.7 Å². The van der Waals surface area contributed by atoms with Gasteiger partial charge in [0, 0.05) is 6.20 Å². The molecule has 0 aliphatic rings. The summed E-state index contributed by atoms with van der Waals surface area (Å²) >= 11 is 1.54. The van der Waals surface area contributed by atoms with Crippen LogP contribution in [0, 0.1) is 3.70 Å². The molecule has 0 fully saturated rings. The maximum Gasteiger partial charge on any atom is 0.337 e. The highest BCUT2D eigenvalue weighted by molar-refractivity contribution is 14.1. The number of aromatic hydroxyl groups is 1. The second-order valence-electron chi connectivity index (χ2n) is 2.33. The molecule has 7 heteroatoms. The predicted octanol–water partition coefficient (Wildman–Crippen LogP) is 2.03. The van der Waals surface area contributed by atoms with Crippen molar-refractivity contribution in [2.75, 3.05) is 0 Å². The van der Waals surface area contributed by atoms with Crippen molar-refractivity contribution in [3.05, 3.63) is 21.0 Å². The van der Waals surface area contributed by atoms with E-state index in [2.05, 4.69) is 4.98 Å². The zero-order valence-corrected chi connectivity index (χ0v) is 8.70. The molecule has 4 nitrogen and oxygen atoms in total. The first-order chi connectivity index (χ1) is 6.45. The molecule has 0 spiro atoms. The van der Waals surface area contributed by atoms with Crippen LogP contribution in [-0.4, -0.2) is 21.2 Å². The number of nitrogens with zero attached hydrogens (tertiary/aromatic N) is 1. The molecule has 1 aromatic rings. The van der Waals surface area contributed by atoms with E-state index in [-0.39, 0.29) is 3.70 Å². The van der Waals surface area contributed by atoms with Crippen LogP contribution in [0.1, 0.15) is 22.3 Å². The summed E-state index contributed by atoms with van der Waals surface area (Å²) in [5.74, 6) is -2.32. The molecular weight excluding hydrogens is 311 g/mol. The molecule has 1 heterocycles. The molecule has 0 bridgehead atoms. The molecule has 0 atom stereocenters. The van der Waals surface area contributed by atoms with E-state index in [1.54, 1.807) is 0 Å². The topological polar surface area (TPSA) is 70.4 Å². The third-order valence-corrected chi connectivity index (χ3v) is 2.29. The summed E-state index contributed by atoms with van der Waals surface area (Å²) in [6, 6.07) is 0. The van der Waals surface area contributed by atoms with Gasteiger partial charge in [-0.2, -0.15) is 0 Å². The summed E-state index contributed by atoms with van der Waals surface area (Å²) in [6.45, 7) is 0. The third-order valence-electron chi connectivity index (χ3n) is 1.50. The Morgan fingerprint density at radius 1 is 1.57 bits per heavy atom. The predicted molar refractivity (Wildman–Crippen MR) is 50.5 cm³/mol. The van der Waals surface area contributed by atoms with Gasteiger partial charge in [0.1, 0.15) is 3.70 Å². The van der Waals surface area contributed by atoms with Crippen LogP contribution in [0.2, 0.25) is 0 Å². The number of carboxylic acid groups (broad SMARTS) is 1. The molecule has 2 N–H and O–H groups in total. The van der Waals surface area contributed by atoms with E-state index in [1.165, 1.54) is 22.6 Å². The molecule has 0 amide bonds. The average Bonchev–Trinajstić information content (AvgIpc) is 2.08. The molecule has 0 unspecified atom stereocenters. The van der Waals surface area contributed by atoms with Gasteiger partial charge in [-0.15, -0.1) is 0 Å². The lowest BCUT2D eigenvalue weighted by atomic mass is 10.1.